The summed E-state index contributed by atoms with van der Waals surface area (Å²) in [7, 11) is 0. The molecule has 2 aliphatic heterocycles. The Labute approximate surface area is 74.3 Å². The van der Waals surface area contributed by atoms with Crippen LogP contribution in [-0.2, 0) is 0 Å². The number of nitrogens with two attached hydrogens (primary N) is 1. The molecule has 0 aromatic rings. The van der Waals surface area contributed by atoms with Crippen molar-refractivity contribution >= 4 is 0 Å². The smallest absolute Gasteiger partial charge is 0.0195 e. The Kier molecular flexibility index (Phi) is 2.63. The quantitative estimate of drug-likeness (QED) is 0.600. The predicted octanol–water partition coefficient (Wildman–Crippen LogP) is -0.229. The highest BCUT2D eigenvalue weighted by Crippen LogP contribution is 2.11. The van der Waals surface area contributed by atoms with E-state index in [-0.39, 0.29) is 0 Å². The molecule has 0 radical (unpaired) electrons. The van der Waals surface area contributed by atoms with Crippen LogP contribution in [0.4, 0.5) is 0 Å². The van der Waals surface area contributed by atoms with Crippen molar-refractivity contribution in [1.29, 1.82) is 0 Å². The van der Waals surface area contributed by atoms with Crippen molar-refractivity contribution in [3.63, 3.8) is 0 Å². The summed E-state index contributed by atoms with van der Waals surface area (Å²) in [5, 5.41) is 3.52. The molecule has 0 aliphatic carbocycles. The van der Waals surface area contributed by atoms with Gasteiger partial charge in [-0.2, -0.15) is 0 Å². The molecule has 0 bridgehead atoms. The first-order valence-electron chi connectivity index (χ1n) is 5.06. The van der Waals surface area contributed by atoms with Crippen molar-refractivity contribution in [3.8, 4) is 0 Å². The third kappa shape index (κ3) is 1.97. The molecular weight excluding hydrogens is 150 g/mol. The number of likely N-dealkylation sites (tertiary alicyclic amines) is 1. The maximum atomic E-state index is 5.84. The summed E-state index contributed by atoms with van der Waals surface area (Å²) in [5.74, 6) is 0. The number of nitrogens with one attached hydrogen (secondary N) is 1. The molecule has 2 heterocycles. The van der Waals surface area contributed by atoms with E-state index in [0.29, 0.717) is 6.04 Å². The molecule has 3 nitrogen and oxygen atoms in total. The number of rotatable bonds is 2. The highest BCUT2D eigenvalue weighted by molar-refractivity contribution is 4.83. The maximum absolute atomic E-state index is 5.84. The average Bonchev–Trinajstić information content (AvgIpc) is 2.63. The fraction of sp³-hybridized carbons (Fsp3) is 1.00. The van der Waals surface area contributed by atoms with Gasteiger partial charge in [0.15, 0.2) is 0 Å². The highest BCUT2D eigenvalue weighted by atomic mass is 15.2. The Hall–Kier alpha value is -0.120. The second-order valence-electron chi connectivity index (χ2n) is 4.10. The Morgan fingerprint density at radius 2 is 2.33 bits per heavy atom. The molecule has 0 aromatic heterocycles. The lowest BCUT2D eigenvalue weighted by molar-refractivity contribution is 0.299. The van der Waals surface area contributed by atoms with Crippen LogP contribution in [0.5, 0.6) is 0 Å². The van der Waals surface area contributed by atoms with Gasteiger partial charge in [-0.1, -0.05) is 0 Å². The van der Waals surface area contributed by atoms with Crippen LogP contribution in [-0.4, -0.2) is 43.2 Å². The van der Waals surface area contributed by atoms with Gasteiger partial charge in [0.2, 0.25) is 0 Å². The third-order valence-corrected chi connectivity index (χ3v) is 2.95. The lowest BCUT2D eigenvalue weighted by Crippen LogP contribution is -2.37. The summed E-state index contributed by atoms with van der Waals surface area (Å²) in [6.07, 6.45) is 3.89. The fourth-order valence-electron chi connectivity index (χ4n) is 2.25. The standard InChI is InChI=1S/C9H19N3/c10-8-3-5-12(6-8)7-9-2-1-4-11-9/h8-9,11H,1-7,10H2/t8-,9+/m1/s1. The molecule has 0 saturated carbocycles. The van der Waals surface area contributed by atoms with Crippen molar-refractivity contribution in [2.75, 3.05) is 26.2 Å². The molecule has 3 heteroatoms. The summed E-state index contributed by atoms with van der Waals surface area (Å²) in [6, 6.07) is 1.18. The molecule has 0 aromatic carbocycles. The van der Waals surface area contributed by atoms with E-state index in [1.165, 1.54) is 38.9 Å². The highest BCUT2D eigenvalue weighted by Gasteiger charge is 2.23. The van der Waals surface area contributed by atoms with Crippen LogP contribution in [0.2, 0.25) is 0 Å². The van der Waals surface area contributed by atoms with Crippen molar-refractivity contribution in [3.05, 3.63) is 0 Å². The van der Waals surface area contributed by atoms with E-state index in [2.05, 4.69) is 10.2 Å². The molecule has 12 heavy (non-hydrogen) atoms. The largest absolute Gasteiger partial charge is 0.326 e. The van der Waals surface area contributed by atoms with Gasteiger partial charge in [0.25, 0.3) is 0 Å². The molecule has 2 atom stereocenters. The normalized spacial score (nSPS) is 37.8. The Morgan fingerprint density at radius 3 is 2.92 bits per heavy atom. The summed E-state index contributed by atoms with van der Waals surface area (Å²) in [6.45, 7) is 4.75. The van der Waals surface area contributed by atoms with Gasteiger partial charge in [-0.15, -0.1) is 0 Å². The van der Waals surface area contributed by atoms with Gasteiger partial charge < -0.3 is 16.0 Å². The molecule has 2 rings (SSSR count). The SMILES string of the molecule is N[C@@H]1CCN(C[C@@H]2CCCN2)C1. The van der Waals surface area contributed by atoms with Gasteiger partial charge in [0.05, 0.1) is 0 Å². The minimum absolute atomic E-state index is 0.436. The molecule has 0 spiro atoms. The molecule has 70 valence electrons. The monoisotopic (exact) mass is 169 g/mol. The molecule has 0 unspecified atom stereocenters. The zero-order chi connectivity index (χ0) is 8.39. The summed E-state index contributed by atoms with van der Waals surface area (Å²) >= 11 is 0. The van der Waals surface area contributed by atoms with Crippen LogP contribution in [0.1, 0.15) is 19.3 Å². The minimum Gasteiger partial charge on any atom is -0.326 e. The van der Waals surface area contributed by atoms with Crippen LogP contribution in [0, 0.1) is 0 Å². The van der Waals surface area contributed by atoms with Gasteiger partial charge in [0, 0.05) is 25.2 Å². The van der Waals surface area contributed by atoms with Gasteiger partial charge >= 0.3 is 0 Å². The summed E-state index contributed by atoms with van der Waals surface area (Å²) in [5.41, 5.74) is 5.84. The lowest BCUT2D eigenvalue weighted by Gasteiger charge is -2.19. The van der Waals surface area contributed by atoms with Crippen LogP contribution < -0.4 is 11.1 Å². The molecule has 0 amide bonds. The number of hydrogen-bond donors (Lipinski definition) is 2. The first-order valence-corrected chi connectivity index (χ1v) is 5.06. The lowest BCUT2D eigenvalue weighted by atomic mass is 10.2. The molecule has 2 fully saturated rings. The van der Waals surface area contributed by atoms with Crippen molar-refractivity contribution in [2.45, 2.75) is 31.3 Å². The number of nitrogens with zero attached hydrogens (tertiary/aromatic N) is 1. The average molecular weight is 169 g/mol. The molecular formula is C9H19N3. The second kappa shape index (κ2) is 3.73. The van der Waals surface area contributed by atoms with E-state index in [9.17, 15) is 0 Å². The zero-order valence-corrected chi connectivity index (χ0v) is 7.63. The second-order valence-corrected chi connectivity index (χ2v) is 4.10. The molecule has 3 N–H and O–H groups in total. The summed E-state index contributed by atoms with van der Waals surface area (Å²) in [4.78, 5) is 2.49. The number of hydrogen-bond acceptors (Lipinski definition) is 3. The van der Waals surface area contributed by atoms with E-state index >= 15 is 0 Å². The van der Waals surface area contributed by atoms with E-state index < -0.39 is 0 Å². The Morgan fingerprint density at radius 1 is 1.42 bits per heavy atom. The Balaban J connectivity index is 1.72. The first-order chi connectivity index (χ1) is 5.84. The van der Waals surface area contributed by atoms with Crippen molar-refractivity contribution in [1.82, 2.24) is 10.2 Å². The summed E-state index contributed by atoms with van der Waals surface area (Å²) < 4.78 is 0. The topological polar surface area (TPSA) is 41.3 Å². The molecule has 2 aliphatic rings. The maximum Gasteiger partial charge on any atom is 0.0195 e. The van der Waals surface area contributed by atoms with Crippen LogP contribution in [0.25, 0.3) is 0 Å². The van der Waals surface area contributed by atoms with Crippen molar-refractivity contribution in [2.24, 2.45) is 5.73 Å². The van der Waals surface area contributed by atoms with Gasteiger partial charge in [-0.3, -0.25) is 0 Å². The van der Waals surface area contributed by atoms with E-state index in [4.69, 9.17) is 5.73 Å². The van der Waals surface area contributed by atoms with Crippen LogP contribution >= 0.6 is 0 Å². The fourth-order valence-corrected chi connectivity index (χ4v) is 2.25. The van der Waals surface area contributed by atoms with Gasteiger partial charge in [0.1, 0.15) is 0 Å². The molecule has 2 saturated heterocycles. The van der Waals surface area contributed by atoms with Gasteiger partial charge in [-0.25, -0.2) is 0 Å². The predicted molar refractivity (Wildman–Crippen MR) is 50.1 cm³/mol. The zero-order valence-electron chi connectivity index (χ0n) is 7.63. The van der Waals surface area contributed by atoms with E-state index in [1.807, 2.05) is 0 Å². The minimum atomic E-state index is 0.436. The van der Waals surface area contributed by atoms with Crippen LogP contribution in [0.15, 0.2) is 0 Å². The third-order valence-electron chi connectivity index (χ3n) is 2.95. The van der Waals surface area contributed by atoms with Crippen molar-refractivity contribution < 1.29 is 0 Å². The first kappa shape index (κ1) is 8.48. The van der Waals surface area contributed by atoms with Crippen LogP contribution in [0.3, 0.4) is 0 Å². The van der Waals surface area contributed by atoms with E-state index in [1.54, 1.807) is 0 Å². The Bertz CT molecular complexity index is 143. The van der Waals surface area contributed by atoms with Gasteiger partial charge in [-0.05, 0) is 32.4 Å². The van der Waals surface area contributed by atoms with E-state index in [0.717, 1.165) is 12.6 Å².